The Morgan fingerprint density at radius 3 is 2.60 bits per heavy atom. The lowest BCUT2D eigenvalue weighted by atomic mass is 9.89. The van der Waals surface area contributed by atoms with E-state index >= 15 is 0 Å². The fourth-order valence-corrected chi connectivity index (χ4v) is 5.26. The number of hydrogen-bond acceptors (Lipinski definition) is 7. The molecular weight excluding hydrogens is 477 g/mol. The van der Waals surface area contributed by atoms with Crippen molar-refractivity contribution in [3.8, 4) is 0 Å². The smallest absolute Gasteiger partial charge is 0.369 e. The van der Waals surface area contributed by atoms with Crippen molar-refractivity contribution in [1.29, 1.82) is 0 Å². The molecule has 0 radical (unpaired) electrons. The lowest BCUT2D eigenvalue weighted by molar-refractivity contribution is -0.138. The van der Waals surface area contributed by atoms with Gasteiger partial charge in [0.2, 0.25) is 0 Å². The molecule has 182 valence electrons. The quantitative estimate of drug-likeness (QED) is 0.404. The number of rotatable bonds is 4. The van der Waals surface area contributed by atoms with Gasteiger partial charge in [0.05, 0.1) is 35.4 Å². The van der Waals surface area contributed by atoms with E-state index in [9.17, 15) is 18.0 Å². The Morgan fingerprint density at radius 1 is 1.14 bits per heavy atom. The van der Waals surface area contributed by atoms with Gasteiger partial charge >= 0.3 is 6.18 Å². The van der Waals surface area contributed by atoms with Crippen molar-refractivity contribution < 1.29 is 13.2 Å². The summed E-state index contributed by atoms with van der Waals surface area (Å²) in [7, 11) is 0. The summed E-state index contributed by atoms with van der Waals surface area (Å²) in [5.74, 6) is -0.0322. The molecule has 4 aromatic heterocycles. The minimum atomic E-state index is -4.58. The largest absolute Gasteiger partial charge is 0.418 e. The van der Waals surface area contributed by atoms with Gasteiger partial charge in [-0.2, -0.15) is 17.5 Å². The fraction of sp³-hybridized carbons (Fsp3) is 0.375. The summed E-state index contributed by atoms with van der Waals surface area (Å²) in [4.78, 5) is 29.9. The highest BCUT2D eigenvalue weighted by Crippen LogP contribution is 2.33. The molecule has 5 heterocycles. The van der Waals surface area contributed by atoms with Gasteiger partial charge in [0, 0.05) is 35.9 Å². The van der Waals surface area contributed by atoms with Gasteiger partial charge in [-0.3, -0.25) is 19.3 Å². The van der Waals surface area contributed by atoms with E-state index in [-0.39, 0.29) is 29.4 Å². The monoisotopic (exact) mass is 500 g/mol. The third kappa shape index (κ3) is 4.52. The second-order valence-electron chi connectivity index (χ2n) is 8.74. The maximum atomic E-state index is 13.7. The summed E-state index contributed by atoms with van der Waals surface area (Å²) in [6, 6.07) is 3.97. The molecule has 0 spiro atoms. The van der Waals surface area contributed by atoms with Crippen molar-refractivity contribution in [3.05, 3.63) is 74.5 Å². The topological polar surface area (TPSA) is 76.8 Å². The van der Waals surface area contributed by atoms with Crippen LogP contribution in [0.4, 0.5) is 18.9 Å². The van der Waals surface area contributed by atoms with Gasteiger partial charge in [0.15, 0.2) is 5.65 Å². The van der Waals surface area contributed by atoms with E-state index in [1.165, 1.54) is 28.4 Å². The maximum Gasteiger partial charge on any atom is 0.418 e. The van der Waals surface area contributed by atoms with Crippen molar-refractivity contribution in [2.45, 2.75) is 45.3 Å². The molecule has 0 saturated carbocycles. The van der Waals surface area contributed by atoms with E-state index in [1.54, 1.807) is 19.2 Å². The number of fused-ring (bicyclic) bond motifs is 1. The Labute approximate surface area is 203 Å². The fourth-order valence-electron chi connectivity index (χ4n) is 4.68. The minimum absolute atomic E-state index is 0.0322. The van der Waals surface area contributed by atoms with Crippen molar-refractivity contribution in [3.63, 3.8) is 0 Å². The van der Waals surface area contributed by atoms with Gasteiger partial charge in [0.25, 0.3) is 5.56 Å². The summed E-state index contributed by atoms with van der Waals surface area (Å²) in [6.45, 7) is 4.96. The number of anilines is 1. The lowest BCUT2D eigenvalue weighted by Crippen LogP contribution is -2.36. The van der Waals surface area contributed by atoms with Gasteiger partial charge < -0.3 is 4.90 Å². The van der Waals surface area contributed by atoms with Crippen LogP contribution in [0.25, 0.3) is 11.2 Å². The van der Waals surface area contributed by atoms with Crippen molar-refractivity contribution in [2.24, 2.45) is 0 Å². The highest BCUT2D eigenvalue weighted by atomic mass is 32.1. The van der Waals surface area contributed by atoms with Crippen LogP contribution in [0.1, 0.15) is 46.2 Å². The third-order valence-corrected chi connectivity index (χ3v) is 7.14. The van der Waals surface area contributed by atoms with Gasteiger partial charge in [-0.15, -0.1) is 0 Å². The molecule has 35 heavy (non-hydrogen) atoms. The van der Waals surface area contributed by atoms with Crippen LogP contribution < -0.4 is 10.5 Å². The summed E-state index contributed by atoms with van der Waals surface area (Å²) < 4.78 is 46.4. The van der Waals surface area contributed by atoms with Crippen LogP contribution in [-0.2, 0) is 12.7 Å². The molecule has 0 atom stereocenters. The second-order valence-corrected chi connectivity index (χ2v) is 9.74. The van der Waals surface area contributed by atoms with E-state index in [0.29, 0.717) is 16.8 Å². The van der Waals surface area contributed by atoms with Gasteiger partial charge in [0.1, 0.15) is 5.52 Å². The first-order valence-corrected chi connectivity index (χ1v) is 12.0. The van der Waals surface area contributed by atoms with Crippen LogP contribution in [0.15, 0.2) is 41.6 Å². The van der Waals surface area contributed by atoms with E-state index in [4.69, 9.17) is 0 Å². The summed E-state index contributed by atoms with van der Waals surface area (Å²) >= 11 is 1.46. The summed E-state index contributed by atoms with van der Waals surface area (Å²) in [5, 5.41) is 0. The third-order valence-electron chi connectivity index (χ3n) is 6.45. The number of nitrogens with zero attached hydrogens (tertiary/aromatic N) is 6. The first-order chi connectivity index (χ1) is 16.7. The number of aryl methyl sites for hydroxylation is 2. The molecule has 5 rings (SSSR count). The van der Waals surface area contributed by atoms with Crippen LogP contribution in [0, 0.1) is 13.8 Å². The normalized spacial score (nSPS) is 15.2. The number of halogens is 3. The van der Waals surface area contributed by atoms with Gasteiger partial charge in [-0.05, 0) is 62.3 Å². The first-order valence-electron chi connectivity index (χ1n) is 11.3. The molecule has 0 amide bonds. The molecule has 1 fully saturated rings. The van der Waals surface area contributed by atoms with E-state index in [2.05, 4.69) is 24.2 Å². The molecule has 7 nitrogen and oxygen atoms in total. The molecule has 1 saturated heterocycles. The summed E-state index contributed by atoms with van der Waals surface area (Å²) in [5.41, 5.74) is 1.55. The zero-order chi connectivity index (χ0) is 24.7. The van der Waals surface area contributed by atoms with Crippen molar-refractivity contribution in [2.75, 3.05) is 18.0 Å². The molecule has 0 bridgehead atoms. The van der Waals surface area contributed by atoms with Crippen LogP contribution in [0.3, 0.4) is 0 Å². The number of hydrogen-bond donors (Lipinski definition) is 0. The Bertz CT molecular complexity index is 1440. The second kappa shape index (κ2) is 9.03. The Balaban J connectivity index is 1.54. The predicted molar refractivity (Wildman–Crippen MR) is 128 cm³/mol. The highest BCUT2D eigenvalue weighted by molar-refractivity contribution is 7.06. The SMILES string of the molecule is Cc1cnc2cc(C3CCN(c4cnsc4C)CC3)c(=O)n(Cc3ncccc3C(F)(F)F)c2n1. The number of pyridine rings is 2. The minimum Gasteiger partial charge on any atom is -0.369 e. The summed E-state index contributed by atoms with van der Waals surface area (Å²) in [6.07, 6.45) is 1.67. The molecule has 0 unspecified atom stereocenters. The van der Waals surface area contributed by atoms with Crippen LogP contribution in [-0.4, -0.2) is 37.0 Å². The van der Waals surface area contributed by atoms with E-state index in [1.807, 2.05) is 13.1 Å². The van der Waals surface area contributed by atoms with E-state index in [0.717, 1.165) is 42.6 Å². The molecule has 1 aliphatic rings. The predicted octanol–water partition coefficient (Wildman–Crippen LogP) is 4.71. The molecule has 0 N–H and O–H groups in total. The number of aromatic nitrogens is 5. The first kappa shape index (κ1) is 23.4. The zero-order valence-corrected chi connectivity index (χ0v) is 20.0. The average molecular weight is 501 g/mol. The molecule has 4 aromatic rings. The number of alkyl halides is 3. The van der Waals surface area contributed by atoms with Gasteiger partial charge in [-0.25, -0.2) is 4.98 Å². The standard InChI is InChI=1S/C24H23F3N6OS/c1-14-11-29-19-10-17(16-5-8-32(9-6-16)21-12-30-35-15(21)2)23(34)33(22(19)31-14)13-20-18(24(25,26)27)4-3-7-28-20/h3-4,7,10-12,16H,5-6,8-9,13H2,1-2H3. The van der Waals surface area contributed by atoms with Gasteiger partial charge in [-0.1, -0.05) is 0 Å². The molecule has 0 aliphatic carbocycles. The van der Waals surface area contributed by atoms with Crippen LogP contribution in [0.5, 0.6) is 0 Å². The van der Waals surface area contributed by atoms with Crippen molar-refractivity contribution in [1.82, 2.24) is 23.9 Å². The number of piperidine rings is 1. The maximum absolute atomic E-state index is 13.7. The van der Waals surface area contributed by atoms with Crippen LogP contribution >= 0.6 is 11.5 Å². The molecule has 0 aromatic carbocycles. The molecular formula is C24H23F3N6OS. The van der Waals surface area contributed by atoms with E-state index < -0.39 is 11.7 Å². The zero-order valence-electron chi connectivity index (χ0n) is 19.2. The molecule has 11 heteroatoms. The van der Waals surface area contributed by atoms with Crippen molar-refractivity contribution >= 4 is 28.4 Å². The highest BCUT2D eigenvalue weighted by Gasteiger charge is 2.34. The average Bonchev–Trinajstić information content (AvgIpc) is 3.26. The lowest BCUT2D eigenvalue weighted by Gasteiger charge is -2.33. The Morgan fingerprint density at radius 2 is 1.91 bits per heavy atom. The Hall–Kier alpha value is -3.34. The Kier molecular flexibility index (Phi) is 6.04. The van der Waals surface area contributed by atoms with Crippen LogP contribution in [0.2, 0.25) is 0 Å². The molecule has 1 aliphatic heterocycles.